The molecule has 1 N–H and O–H groups in total. The number of aryl methyl sites for hydroxylation is 1. The number of carbonyl (C=O) groups is 2. The zero-order valence-corrected chi connectivity index (χ0v) is 22.6. The van der Waals surface area contributed by atoms with E-state index < -0.39 is 29.5 Å². The molecule has 0 fully saturated rings. The van der Waals surface area contributed by atoms with Gasteiger partial charge in [-0.05, 0) is 61.4 Å². The van der Waals surface area contributed by atoms with Gasteiger partial charge in [0.2, 0.25) is 5.91 Å². The Morgan fingerprint density at radius 3 is 2.06 bits per heavy atom. The monoisotopic (exact) mass is 525 g/mol. The summed E-state index contributed by atoms with van der Waals surface area (Å²) in [6.45, 7) is 12.3. The summed E-state index contributed by atoms with van der Waals surface area (Å²) in [5, 5.41) is 2.77. The Bertz CT molecular complexity index is 1070. The van der Waals surface area contributed by atoms with Crippen LogP contribution in [0.4, 0.5) is 18.9 Å². The fraction of sp³-hybridized carbons (Fsp3) is 0.500. The van der Waals surface area contributed by atoms with Crippen molar-refractivity contribution in [2.75, 3.05) is 5.32 Å². The summed E-state index contributed by atoms with van der Waals surface area (Å²) in [7, 11) is 0. The number of halogens is 4. The van der Waals surface area contributed by atoms with Crippen LogP contribution in [0.3, 0.4) is 0 Å². The lowest BCUT2D eigenvalue weighted by molar-refractivity contribution is -0.178. The fourth-order valence-electron chi connectivity index (χ4n) is 3.72. The minimum atomic E-state index is -4.58. The maximum atomic E-state index is 13.7. The lowest BCUT2D eigenvalue weighted by Gasteiger charge is -2.27. The third-order valence-corrected chi connectivity index (χ3v) is 6.09. The van der Waals surface area contributed by atoms with E-state index in [1.165, 1.54) is 0 Å². The summed E-state index contributed by atoms with van der Waals surface area (Å²) < 4.78 is 46.5. The molecule has 2 aromatic carbocycles. The van der Waals surface area contributed by atoms with Gasteiger partial charge in [-0.1, -0.05) is 69.6 Å². The fourth-order valence-corrected chi connectivity index (χ4v) is 3.88. The molecule has 198 valence electrons. The Hall–Kier alpha value is -2.54. The lowest BCUT2D eigenvalue weighted by Crippen LogP contribution is -2.34. The number of ether oxygens (including phenoxy) is 1. The Morgan fingerprint density at radius 1 is 0.972 bits per heavy atom. The maximum absolute atomic E-state index is 13.7. The van der Waals surface area contributed by atoms with Gasteiger partial charge in [0.25, 0.3) is 0 Å². The normalized spacial score (nSPS) is 14.2. The third-order valence-electron chi connectivity index (χ3n) is 5.76. The number of esters is 1. The van der Waals surface area contributed by atoms with Gasteiger partial charge >= 0.3 is 12.1 Å². The van der Waals surface area contributed by atoms with E-state index in [1.807, 2.05) is 20.8 Å². The second-order valence-corrected chi connectivity index (χ2v) is 11.5. The molecule has 0 heterocycles. The minimum Gasteiger partial charge on any atom is -0.460 e. The molecule has 0 saturated heterocycles. The van der Waals surface area contributed by atoms with E-state index in [2.05, 4.69) is 5.32 Å². The van der Waals surface area contributed by atoms with Gasteiger partial charge < -0.3 is 10.1 Å². The van der Waals surface area contributed by atoms with Crippen LogP contribution in [0.2, 0.25) is 5.02 Å². The standard InChI is InChI=1S/C28H35ClF3NO3/c1-17(28(30,31)32)24(19-10-12-20(13-11-19)26(2,3)4)25(35)33-22-16-18(8-14-21(22)29)9-15-23(34)36-27(5,6)7/h8,10-14,16-17,24H,9,15H2,1-7H3,(H,33,35)/t17-,24+/m1/s1. The van der Waals surface area contributed by atoms with E-state index >= 15 is 0 Å². The van der Waals surface area contributed by atoms with Gasteiger partial charge in [-0.15, -0.1) is 0 Å². The van der Waals surface area contributed by atoms with E-state index in [0.717, 1.165) is 12.5 Å². The number of nitrogens with one attached hydrogen (secondary N) is 1. The van der Waals surface area contributed by atoms with Crippen molar-refractivity contribution in [1.82, 2.24) is 0 Å². The first-order valence-electron chi connectivity index (χ1n) is 11.9. The number of benzene rings is 2. The van der Waals surface area contributed by atoms with E-state index in [-0.39, 0.29) is 34.1 Å². The molecule has 0 aliphatic heterocycles. The molecule has 2 aromatic rings. The maximum Gasteiger partial charge on any atom is 0.392 e. The summed E-state index contributed by atoms with van der Waals surface area (Å²) >= 11 is 6.25. The van der Waals surface area contributed by atoms with Gasteiger partial charge in [0.05, 0.1) is 22.5 Å². The van der Waals surface area contributed by atoms with Crippen LogP contribution in [-0.4, -0.2) is 23.7 Å². The molecule has 4 nitrogen and oxygen atoms in total. The highest BCUT2D eigenvalue weighted by Crippen LogP contribution is 2.39. The average Bonchev–Trinajstić information content (AvgIpc) is 2.72. The molecule has 2 atom stereocenters. The largest absolute Gasteiger partial charge is 0.460 e. The Balaban J connectivity index is 2.29. The predicted octanol–water partition coefficient (Wildman–Crippen LogP) is 7.83. The van der Waals surface area contributed by atoms with E-state index in [0.29, 0.717) is 12.0 Å². The molecule has 2 rings (SSSR count). The van der Waals surface area contributed by atoms with Crippen LogP contribution in [0.25, 0.3) is 0 Å². The van der Waals surface area contributed by atoms with Gasteiger partial charge in [0.15, 0.2) is 0 Å². The topological polar surface area (TPSA) is 55.4 Å². The molecule has 0 spiro atoms. The lowest BCUT2D eigenvalue weighted by atomic mass is 9.82. The molecular weight excluding hydrogens is 491 g/mol. The first-order valence-corrected chi connectivity index (χ1v) is 12.2. The van der Waals surface area contributed by atoms with Crippen molar-refractivity contribution in [3.8, 4) is 0 Å². The van der Waals surface area contributed by atoms with Crippen LogP contribution in [0.15, 0.2) is 42.5 Å². The van der Waals surface area contributed by atoms with Gasteiger partial charge in [-0.2, -0.15) is 13.2 Å². The number of anilines is 1. The summed E-state index contributed by atoms with van der Waals surface area (Å²) in [4.78, 5) is 25.3. The number of carbonyl (C=O) groups excluding carboxylic acids is 2. The van der Waals surface area contributed by atoms with Crippen molar-refractivity contribution in [1.29, 1.82) is 0 Å². The molecule has 0 aromatic heterocycles. The SMILES string of the molecule is C[C@H]([C@H](C(=O)Nc1cc(CCC(=O)OC(C)(C)C)ccc1Cl)c1ccc(C(C)(C)C)cc1)C(F)(F)F. The van der Waals surface area contributed by atoms with Crippen LogP contribution in [0, 0.1) is 5.92 Å². The molecule has 0 unspecified atom stereocenters. The van der Waals surface area contributed by atoms with Crippen molar-refractivity contribution >= 4 is 29.2 Å². The highest BCUT2D eigenvalue weighted by Gasteiger charge is 2.45. The molecule has 0 radical (unpaired) electrons. The quantitative estimate of drug-likeness (QED) is 0.375. The number of hydrogen-bond donors (Lipinski definition) is 1. The number of rotatable bonds is 7. The zero-order valence-electron chi connectivity index (χ0n) is 21.8. The smallest absolute Gasteiger partial charge is 0.392 e. The highest BCUT2D eigenvalue weighted by molar-refractivity contribution is 6.33. The molecule has 0 aliphatic rings. The van der Waals surface area contributed by atoms with Crippen molar-refractivity contribution in [3.05, 3.63) is 64.2 Å². The third kappa shape index (κ3) is 8.54. The Morgan fingerprint density at radius 2 is 1.56 bits per heavy atom. The first-order chi connectivity index (χ1) is 16.4. The van der Waals surface area contributed by atoms with Gasteiger partial charge in [0.1, 0.15) is 5.60 Å². The molecule has 0 aliphatic carbocycles. The van der Waals surface area contributed by atoms with Gasteiger partial charge in [-0.25, -0.2) is 0 Å². The molecule has 0 bridgehead atoms. The summed E-state index contributed by atoms with van der Waals surface area (Å²) in [6.07, 6.45) is -4.14. The zero-order chi connectivity index (χ0) is 27.5. The van der Waals surface area contributed by atoms with E-state index in [4.69, 9.17) is 16.3 Å². The first kappa shape index (κ1) is 29.7. The predicted molar refractivity (Wildman–Crippen MR) is 137 cm³/mol. The Labute approximate surface area is 216 Å². The van der Waals surface area contributed by atoms with Crippen LogP contribution in [0.5, 0.6) is 0 Å². The summed E-state index contributed by atoms with van der Waals surface area (Å²) in [5.74, 6) is -4.58. The average molecular weight is 526 g/mol. The van der Waals surface area contributed by atoms with Gasteiger partial charge in [-0.3, -0.25) is 9.59 Å². The van der Waals surface area contributed by atoms with Crippen molar-refractivity contribution < 1.29 is 27.5 Å². The molecule has 1 amide bonds. The number of amides is 1. The van der Waals surface area contributed by atoms with Crippen LogP contribution >= 0.6 is 11.6 Å². The summed E-state index contributed by atoms with van der Waals surface area (Å²) in [6, 6.07) is 11.5. The molecule has 0 saturated carbocycles. The van der Waals surface area contributed by atoms with E-state index in [1.54, 1.807) is 63.2 Å². The number of alkyl halides is 3. The van der Waals surface area contributed by atoms with Crippen LogP contribution in [-0.2, 0) is 26.2 Å². The van der Waals surface area contributed by atoms with Gasteiger partial charge in [0, 0.05) is 6.42 Å². The van der Waals surface area contributed by atoms with Crippen molar-refractivity contribution in [3.63, 3.8) is 0 Å². The second kappa shape index (κ2) is 11.2. The molecule has 8 heteroatoms. The Kier molecular flexibility index (Phi) is 9.27. The van der Waals surface area contributed by atoms with Crippen LogP contribution < -0.4 is 5.32 Å². The van der Waals surface area contributed by atoms with E-state index in [9.17, 15) is 22.8 Å². The van der Waals surface area contributed by atoms with Crippen LogP contribution in [0.1, 0.15) is 77.5 Å². The molecule has 36 heavy (non-hydrogen) atoms. The van der Waals surface area contributed by atoms with Crippen molar-refractivity contribution in [2.24, 2.45) is 5.92 Å². The summed E-state index contributed by atoms with van der Waals surface area (Å²) in [5.41, 5.74) is 1.31. The number of hydrogen-bond acceptors (Lipinski definition) is 3. The molecular formula is C28H35ClF3NO3. The second-order valence-electron chi connectivity index (χ2n) is 11.1. The minimum absolute atomic E-state index is 0.111. The van der Waals surface area contributed by atoms with Crippen molar-refractivity contribution in [2.45, 2.75) is 84.4 Å². The highest BCUT2D eigenvalue weighted by atomic mass is 35.5.